The Balaban J connectivity index is 2.20. The summed E-state index contributed by atoms with van der Waals surface area (Å²) < 4.78 is 0. The first-order valence-corrected chi connectivity index (χ1v) is 6.80. The Morgan fingerprint density at radius 2 is 1.05 bits per heavy atom. The summed E-state index contributed by atoms with van der Waals surface area (Å²) in [5.41, 5.74) is 1.32. The standard InChI is InChI=1S/C18H14N2O2/c21-17-7-3-1-5-13(17)11-15-16(20-10-9-19-15)12-14-6-2-4-8-18(14)22/h1-12,21-22H. The van der Waals surface area contributed by atoms with Gasteiger partial charge in [0.05, 0.1) is 10.7 Å². The highest BCUT2D eigenvalue weighted by Gasteiger charge is 1.98. The lowest BCUT2D eigenvalue weighted by molar-refractivity contribution is 0.473. The van der Waals surface area contributed by atoms with Gasteiger partial charge in [-0.15, -0.1) is 0 Å². The molecule has 3 rings (SSSR count). The van der Waals surface area contributed by atoms with Crippen molar-refractivity contribution in [3.8, 4) is 11.5 Å². The van der Waals surface area contributed by atoms with E-state index in [1.54, 1.807) is 60.9 Å². The minimum atomic E-state index is 0.182. The first-order valence-electron chi connectivity index (χ1n) is 6.80. The van der Waals surface area contributed by atoms with Crippen LogP contribution in [0.3, 0.4) is 0 Å². The highest BCUT2D eigenvalue weighted by molar-refractivity contribution is 5.59. The van der Waals surface area contributed by atoms with Crippen LogP contribution in [0.1, 0.15) is 11.1 Å². The zero-order chi connectivity index (χ0) is 15.4. The summed E-state index contributed by atoms with van der Waals surface area (Å²) in [6.07, 6.45) is 6.70. The van der Waals surface area contributed by atoms with E-state index in [4.69, 9.17) is 0 Å². The normalized spacial score (nSPS) is 12.5. The number of aromatic nitrogens is 2. The van der Waals surface area contributed by atoms with Crippen LogP contribution in [-0.4, -0.2) is 20.2 Å². The molecule has 2 aromatic carbocycles. The number of hydrogen-bond acceptors (Lipinski definition) is 4. The molecule has 22 heavy (non-hydrogen) atoms. The van der Waals surface area contributed by atoms with Crippen LogP contribution in [0.5, 0.6) is 11.5 Å². The molecule has 4 nitrogen and oxygen atoms in total. The number of nitrogens with zero attached hydrogens (tertiary/aromatic N) is 2. The van der Waals surface area contributed by atoms with Gasteiger partial charge in [0.25, 0.3) is 0 Å². The predicted molar refractivity (Wildman–Crippen MR) is 84.6 cm³/mol. The molecule has 0 aliphatic carbocycles. The zero-order valence-corrected chi connectivity index (χ0v) is 11.7. The SMILES string of the molecule is Oc1ccccc1C=c1nccnc1=Cc1ccccc1O. The molecule has 108 valence electrons. The molecule has 2 N–H and O–H groups in total. The van der Waals surface area contributed by atoms with Crippen LogP contribution >= 0.6 is 0 Å². The average molecular weight is 290 g/mol. The summed E-state index contributed by atoms with van der Waals surface area (Å²) in [4.78, 5) is 8.60. The van der Waals surface area contributed by atoms with Gasteiger partial charge < -0.3 is 10.2 Å². The van der Waals surface area contributed by atoms with Crippen molar-refractivity contribution in [2.45, 2.75) is 0 Å². The Hall–Kier alpha value is -3.14. The number of hydrogen-bond donors (Lipinski definition) is 2. The average Bonchev–Trinajstić information content (AvgIpc) is 2.53. The number of rotatable bonds is 2. The predicted octanol–water partition coefficient (Wildman–Crippen LogP) is 1.55. The van der Waals surface area contributed by atoms with Crippen LogP contribution in [0.25, 0.3) is 12.2 Å². The Bertz CT molecular complexity index is 844. The van der Waals surface area contributed by atoms with Crippen molar-refractivity contribution >= 4 is 12.2 Å². The summed E-state index contributed by atoms with van der Waals surface area (Å²) in [5, 5.41) is 21.0. The number of phenolic OH excluding ortho intramolecular Hbond substituents is 2. The second kappa shape index (κ2) is 6.10. The number of phenols is 2. The maximum absolute atomic E-state index is 9.87. The van der Waals surface area contributed by atoms with Crippen LogP contribution in [0.15, 0.2) is 60.9 Å². The Labute approximate surface area is 127 Å². The van der Waals surface area contributed by atoms with Gasteiger partial charge in [0.15, 0.2) is 0 Å². The molecule has 1 heterocycles. The summed E-state index contributed by atoms with van der Waals surface area (Å²) in [5.74, 6) is 0.364. The molecule has 0 saturated heterocycles. The molecule has 0 spiro atoms. The molecule has 0 unspecified atom stereocenters. The summed E-state index contributed by atoms with van der Waals surface area (Å²) >= 11 is 0. The Morgan fingerprint density at radius 1 is 0.636 bits per heavy atom. The molecule has 0 saturated carbocycles. The molecule has 0 aliphatic heterocycles. The van der Waals surface area contributed by atoms with E-state index in [1.165, 1.54) is 0 Å². The molecule has 1 aromatic heterocycles. The summed E-state index contributed by atoms with van der Waals surface area (Å²) in [6, 6.07) is 14.0. The molecule has 0 fully saturated rings. The fourth-order valence-corrected chi connectivity index (χ4v) is 2.10. The van der Waals surface area contributed by atoms with Gasteiger partial charge in [0, 0.05) is 23.5 Å². The van der Waals surface area contributed by atoms with E-state index in [-0.39, 0.29) is 11.5 Å². The van der Waals surface area contributed by atoms with Crippen molar-refractivity contribution < 1.29 is 10.2 Å². The van der Waals surface area contributed by atoms with Gasteiger partial charge in [-0.2, -0.15) is 0 Å². The van der Waals surface area contributed by atoms with Crippen LogP contribution in [-0.2, 0) is 0 Å². The first kappa shape index (κ1) is 13.8. The van der Waals surface area contributed by atoms with Crippen molar-refractivity contribution in [2.24, 2.45) is 0 Å². The van der Waals surface area contributed by atoms with Crippen molar-refractivity contribution in [3.05, 3.63) is 82.7 Å². The van der Waals surface area contributed by atoms with E-state index in [0.29, 0.717) is 21.8 Å². The molecule has 0 aliphatic rings. The topological polar surface area (TPSA) is 66.2 Å². The lowest BCUT2D eigenvalue weighted by Gasteiger charge is -1.99. The van der Waals surface area contributed by atoms with Crippen LogP contribution < -0.4 is 10.7 Å². The third-order valence-electron chi connectivity index (χ3n) is 3.21. The maximum Gasteiger partial charge on any atom is 0.122 e. The van der Waals surface area contributed by atoms with Gasteiger partial charge in [-0.3, -0.25) is 9.97 Å². The summed E-state index contributed by atoms with van der Waals surface area (Å²) in [7, 11) is 0. The van der Waals surface area contributed by atoms with Crippen molar-refractivity contribution in [1.82, 2.24) is 9.97 Å². The first-order chi connectivity index (χ1) is 10.7. The zero-order valence-electron chi connectivity index (χ0n) is 11.7. The van der Waals surface area contributed by atoms with Crippen molar-refractivity contribution in [1.29, 1.82) is 0 Å². The molecule has 0 amide bonds. The van der Waals surface area contributed by atoms with E-state index in [0.717, 1.165) is 0 Å². The van der Waals surface area contributed by atoms with Gasteiger partial charge in [-0.25, -0.2) is 0 Å². The molecular weight excluding hydrogens is 276 g/mol. The summed E-state index contributed by atoms with van der Waals surface area (Å²) in [6.45, 7) is 0. The fraction of sp³-hybridized carbons (Fsp3) is 0. The smallest absolute Gasteiger partial charge is 0.122 e. The van der Waals surface area contributed by atoms with E-state index in [1.807, 2.05) is 12.1 Å². The Kier molecular flexibility index (Phi) is 3.83. The molecule has 3 aromatic rings. The number of aromatic hydroxyl groups is 2. The lowest BCUT2D eigenvalue weighted by atomic mass is 10.1. The van der Waals surface area contributed by atoms with Crippen molar-refractivity contribution in [2.75, 3.05) is 0 Å². The van der Waals surface area contributed by atoms with Gasteiger partial charge in [-0.05, 0) is 24.3 Å². The fourth-order valence-electron chi connectivity index (χ4n) is 2.10. The van der Waals surface area contributed by atoms with Gasteiger partial charge in [0.1, 0.15) is 11.5 Å². The van der Waals surface area contributed by atoms with E-state index in [2.05, 4.69) is 9.97 Å². The third-order valence-corrected chi connectivity index (χ3v) is 3.21. The van der Waals surface area contributed by atoms with Crippen LogP contribution in [0, 0.1) is 0 Å². The molecule has 0 bridgehead atoms. The van der Waals surface area contributed by atoms with Gasteiger partial charge in [0.2, 0.25) is 0 Å². The largest absolute Gasteiger partial charge is 0.507 e. The third kappa shape index (κ3) is 2.96. The van der Waals surface area contributed by atoms with Gasteiger partial charge >= 0.3 is 0 Å². The molecule has 0 atom stereocenters. The molecule has 0 radical (unpaired) electrons. The number of benzene rings is 2. The van der Waals surface area contributed by atoms with E-state index in [9.17, 15) is 10.2 Å². The second-order valence-corrected chi connectivity index (χ2v) is 4.73. The Morgan fingerprint density at radius 3 is 1.45 bits per heavy atom. The van der Waals surface area contributed by atoms with Crippen LogP contribution in [0.4, 0.5) is 0 Å². The minimum absolute atomic E-state index is 0.182. The maximum atomic E-state index is 9.87. The molecule has 4 heteroatoms. The monoisotopic (exact) mass is 290 g/mol. The number of para-hydroxylation sites is 2. The molecular formula is C18H14N2O2. The lowest BCUT2D eigenvalue weighted by Crippen LogP contribution is -2.30. The van der Waals surface area contributed by atoms with E-state index < -0.39 is 0 Å². The second-order valence-electron chi connectivity index (χ2n) is 4.73. The minimum Gasteiger partial charge on any atom is -0.507 e. The highest BCUT2D eigenvalue weighted by Crippen LogP contribution is 2.16. The van der Waals surface area contributed by atoms with Crippen LogP contribution in [0.2, 0.25) is 0 Å². The quantitative estimate of drug-likeness (QED) is 0.751. The highest BCUT2D eigenvalue weighted by atomic mass is 16.3. The van der Waals surface area contributed by atoms with Crippen molar-refractivity contribution in [3.63, 3.8) is 0 Å². The van der Waals surface area contributed by atoms with E-state index >= 15 is 0 Å². The van der Waals surface area contributed by atoms with Gasteiger partial charge in [-0.1, -0.05) is 36.4 Å².